The second-order valence-electron chi connectivity index (χ2n) is 4.99. The Bertz CT molecular complexity index is 232. The number of nitrogens with zero attached hydrogens (tertiary/aromatic N) is 1. The minimum Gasteiger partial charge on any atom is -0.396 e. The van der Waals surface area contributed by atoms with Crippen molar-refractivity contribution in [2.45, 2.75) is 39.0 Å². The summed E-state index contributed by atoms with van der Waals surface area (Å²) in [5, 5.41) is 9.43. The number of aliphatic hydroxyl groups is 1. The van der Waals surface area contributed by atoms with Crippen LogP contribution in [0.15, 0.2) is 0 Å². The molecule has 0 aromatic heterocycles. The lowest BCUT2D eigenvalue weighted by molar-refractivity contribution is -0.134. The Labute approximate surface area is 109 Å². The van der Waals surface area contributed by atoms with Gasteiger partial charge < -0.3 is 10.0 Å². The Morgan fingerprint density at radius 1 is 1.41 bits per heavy atom. The highest BCUT2D eigenvalue weighted by atomic mass is 32.2. The molecule has 0 atom stereocenters. The Morgan fingerprint density at radius 3 is 2.53 bits per heavy atom. The minimum absolute atomic E-state index is 0.0794. The van der Waals surface area contributed by atoms with E-state index >= 15 is 0 Å². The molecule has 0 aromatic rings. The first-order chi connectivity index (χ1) is 8.17. The number of hydrogen-bond donors (Lipinski definition) is 1. The maximum absolute atomic E-state index is 11.9. The Hall–Kier alpha value is -0.220. The molecule has 1 saturated heterocycles. The van der Waals surface area contributed by atoms with E-state index < -0.39 is 0 Å². The molecule has 1 heterocycles. The fourth-order valence-electron chi connectivity index (χ4n) is 2.38. The summed E-state index contributed by atoms with van der Waals surface area (Å²) < 4.78 is 0. The number of thioether (sulfide) groups is 1. The molecule has 1 aliphatic heterocycles. The van der Waals surface area contributed by atoms with Crippen LogP contribution in [-0.2, 0) is 4.79 Å². The minimum atomic E-state index is 0.0794. The first-order valence-electron chi connectivity index (χ1n) is 6.55. The summed E-state index contributed by atoms with van der Waals surface area (Å²) in [7, 11) is 0. The maximum atomic E-state index is 11.9. The van der Waals surface area contributed by atoms with Crippen molar-refractivity contribution in [3.05, 3.63) is 0 Å². The summed E-state index contributed by atoms with van der Waals surface area (Å²) >= 11 is 1.79. The number of piperidine rings is 1. The molecule has 3 nitrogen and oxygen atoms in total. The highest BCUT2D eigenvalue weighted by molar-refractivity contribution is 7.98. The van der Waals surface area contributed by atoms with E-state index in [0.717, 1.165) is 44.5 Å². The van der Waals surface area contributed by atoms with Gasteiger partial charge in [0.1, 0.15) is 0 Å². The van der Waals surface area contributed by atoms with Crippen LogP contribution in [0, 0.1) is 5.41 Å². The van der Waals surface area contributed by atoms with Crippen molar-refractivity contribution in [2.75, 3.05) is 31.7 Å². The summed E-state index contributed by atoms with van der Waals surface area (Å²) in [5.74, 6) is 1.36. The summed E-state index contributed by atoms with van der Waals surface area (Å²) in [6, 6.07) is 0. The van der Waals surface area contributed by atoms with Crippen LogP contribution in [-0.4, -0.2) is 47.6 Å². The molecule has 0 radical (unpaired) electrons. The third kappa shape index (κ3) is 4.18. The van der Waals surface area contributed by atoms with Gasteiger partial charge in [0.05, 0.1) is 0 Å². The molecule has 100 valence electrons. The van der Waals surface area contributed by atoms with Crippen molar-refractivity contribution in [1.29, 1.82) is 0 Å². The van der Waals surface area contributed by atoms with Crippen molar-refractivity contribution in [3.63, 3.8) is 0 Å². The standard InChI is InChI=1S/C13H25NO2S/c1-3-13(11-15)6-8-14(9-7-13)12(16)5-4-10-17-2/h15H,3-11H2,1-2H3. The number of carbonyl (C=O) groups is 1. The van der Waals surface area contributed by atoms with E-state index in [1.54, 1.807) is 11.8 Å². The number of likely N-dealkylation sites (tertiary alicyclic amines) is 1. The van der Waals surface area contributed by atoms with Gasteiger partial charge in [-0.1, -0.05) is 6.92 Å². The molecule has 0 aromatic carbocycles. The Kier molecular flexibility index (Phi) is 6.34. The van der Waals surface area contributed by atoms with Crippen LogP contribution in [0.5, 0.6) is 0 Å². The molecule has 1 amide bonds. The maximum Gasteiger partial charge on any atom is 0.222 e. The number of carbonyl (C=O) groups excluding carboxylic acids is 1. The van der Waals surface area contributed by atoms with Crippen molar-refractivity contribution < 1.29 is 9.90 Å². The van der Waals surface area contributed by atoms with Crippen LogP contribution in [0.25, 0.3) is 0 Å². The first-order valence-corrected chi connectivity index (χ1v) is 7.94. The average molecular weight is 259 g/mol. The van der Waals surface area contributed by atoms with E-state index in [4.69, 9.17) is 0 Å². The highest BCUT2D eigenvalue weighted by Crippen LogP contribution is 2.34. The zero-order chi connectivity index (χ0) is 12.7. The van der Waals surface area contributed by atoms with E-state index in [1.807, 2.05) is 4.90 Å². The number of hydrogen-bond acceptors (Lipinski definition) is 3. The van der Waals surface area contributed by atoms with Gasteiger partial charge in [0.15, 0.2) is 0 Å². The summed E-state index contributed by atoms with van der Waals surface area (Å²) in [5.41, 5.74) is 0.0794. The lowest BCUT2D eigenvalue weighted by Gasteiger charge is -2.40. The van der Waals surface area contributed by atoms with Gasteiger partial charge in [-0.2, -0.15) is 11.8 Å². The van der Waals surface area contributed by atoms with Gasteiger partial charge >= 0.3 is 0 Å². The van der Waals surface area contributed by atoms with Crippen LogP contribution < -0.4 is 0 Å². The number of aliphatic hydroxyl groups excluding tert-OH is 1. The second-order valence-corrected chi connectivity index (χ2v) is 5.97. The fourth-order valence-corrected chi connectivity index (χ4v) is 2.81. The molecular formula is C13H25NO2S. The molecule has 0 unspecified atom stereocenters. The molecule has 1 fully saturated rings. The van der Waals surface area contributed by atoms with Gasteiger partial charge in [-0.05, 0) is 43.1 Å². The largest absolute Gasteiger partial charge is 0.396 e. The molecule has 4 heteroatoms. The first kappa shape index (κ1) is 14.8. The summed E-state index contributed by atoms with van der Waals surface area (Å²) in [6.07, 6.45) is 6.65. The van der Waals surface area contributed by atoms with E-state index in [2.05, 4.69) is 13.2 Å². The van der Waals surface area contributed by atoms with Crippen LogP contribution in [0.2, 0.25) is 0 Å². The van der Waals surface area contributed by atoms with Crippen LogP contribution in [0.1, 0.15) is 39.0 Å². The summed E-state index contributed by atoms with van der Waals surface area (Å²) in [4.78, 5) is 13.9. The van der Waals surface area contributed by atoms with E-state index in [-0.39, 0.29) is 12.0 Å². The zero-order valence-electron chi connectivity index (χ0n) is 11.1. The molecular weight excluding hydrogens is 234 g/mol. The van der Waals surface area contributed by atoms with Crippen molar-refractivity contribution in [3.8, 4) is 0 Å². The molecule has 0 aliphatic carbocycles. The smallest absolute Gasteiger partial charge is 0.222 e. The van der Waals surface area contributed by atoms with Gasteiger partial charge in [-0.15, -0.1) is 0 Å². The van der Waals surface area contributed by atoms with Crippen molar-refractivity contribution in [1.82, 2.24) is 4.90 Å². The predicted molar refractivity (Wildman–Crippen MR) is 73.2 cm³/mol. The molecule has 0 spiro atoms. The third-order valence-electron chi connectivity index (χ3n) is 4.00. The zero-order valence-corrected chi connectivity index (χ0v) is 11.9. The molecule has 1 N–H and O–H groups in total. The summed E-state index contributed by atoms with van der Waals surface area (Å²) in [6.45, 7) is 4.04. The van der Waals surface area contributed by atoms with Crippen LogP contribution in [0.4, 0.5) is 0 Å². The van der Waals surface area contributed by atoms with Crippen LogP contribution in [0.3, 0.4) is 0 Å². The van der Waals surface area contributed by atoms with E-state index in [0.29, 0.717) is 12.3 Å². The number of rotatable bonds is 6. The second kappa shape index (κ2) is 7.27. The highest BCUT2D eigenvalue weighted by Gasteiger charge is 2.33. The van der Waals surface area contributed by atoms with Gasteiger partial charge in [0, 0.05) is 26.1 Å². The predicted octanol–water partition coefficient (Wildman–Crippen LogP) is 2.14. The van der Waals surface area contributed by atoms with Gasteiger partial charge in [-0.25, -0.2) is 0 Å². The molecule has 0 bridgehead atoms. The fraction of sp³-hybridized carbons (Fsp3) is 0.923. The van der Waals surface area contributed by atoms with Crippen molar-refractivity contribution >= 4 is 17.7 Å². The molecule has 1 rings (SSSR count). The molecule has 17 heavy (non-hydrogen) atoms. The topological polar surface area (TPSA) is 40.5 Å². The Morgan fingerprint density at radius 2 is 2.06 bits per heavy atom. The third-order valence-corrected chi connectivity index (χ3v) is 4.70. The van der Waals surface area contributed by atoms with Gasteiger partial charge in [0.25, 0.3) is 0 Å². The average Bonchev–Trinajstić information content (AvgIpc) is 2.39. The van der Waals surface area contributed by atoms with Crippen molar-refractivity contribution in [2.24, 2.45) is 5.41 Å². The lowest BCUT2D eigenvalue weighted by Crippen LogP contribution is -2.44. The van der Waals surface area contributed by atoms with Gasteiger partial charge in [-0.3, -0.25) is 4.79 Å². The molecule has 1 aliphatic rings. The van der Waals surface area contributed by atoms with E-state index in [1.165, 1.54) is 0 Å². The number of amides is 1. The SMILES string of the molecule is CCC1(CO)CCN(C(=O)CCCSC)CC1. The quantitative estimate of drug-likeness (QED) is 0.743. The Balaban J connectivity index is 2.33. The monoisotopic (exact) mass is 259 g/mol. The molecule has 0 saturated carbocycles. The normalized spacial score (nSPS) is 19.4. The lowest BCUT2D eigenvalue weighted by atomic mass is 9.77. The van der Waals surface area contributed by atoms with Crippen LogP contribution >= 0.6 is 11.8 Å². The van der Waals surface area contributed by atoms with Gasteiger partial charge in [0.2, 0.25) is 5.91 Å². The van der Waals surface area contributed by atoms with E-state index in [9.17, 15) is 9.90 Å².